The molecule has 3 unspecified atom stereocenters. The first-order valence-corrected chi connectivity index (χ1v) is 7.64. The van der Waals surface area contributed by atoms with Crippen LogP contribution in [0.5, 0.6) is 0 Å². The molecule has 2 heterocycles. The Morgan fingerprint density at radius 2 is 2.24 bits per heavy atom. The van der Waals surface area contributed by atoms with Gasteiger partial charge in [0.15, 0.2) is 0 Å². The monoisotopic (exact) mass is 283 g/mol. The summed E-state index contributed by atoms with van der Waals surface area (Å²) in [5.41, 5.74) is 3.58. The summed E-state index contributed by atoms with van der Waals surface area (Å²) in [6, 6.07) is 11.0. The fourth-order valence-corrected chi connectivity index (χ4v) is 3.99. The highest BCUT2D eigenvalue weighted by molar-refractivity contribution is 5.65. The van der Waals surface area contributed by atoms with Crippen molar-refractivity contribution in [2.45, 2.75) is 32.4 Å². The summed E-state index contributed by atoms with van der Waals surface area (Å²) < 4.78 is 5.86. The van der Waals surface area contributed by atoms with Gasteiger partial charge in [0.05, 0.1) is 11.8 Å². The molecular weight excluding hydrogens is 262 g/mol. The van der Waals surface area contributed by atoms with E-state index in [1.807, 2.05) is 6.07 Å². The van der Waals surface area contributed by atoms with E-state index in [1.54, 1.807) is 6.20 Å². The lowest BCUT2D eigenvalue weighted by molar-refractivity contribution is -0.0923. The average Bonchev–Trinajstić information content (AvgIpc) is 3.15. The van der Waals surface area contributed by atoms with Crippen LogP contribution in [0.1, 0.15) is 20.3 Å². The van der Waals surface area contributed by atoms with Gasteiger partial charge in [-0.15, -0.1) is 0 Å². The van der Waals surface area contributed by atoms with Gasteiger partial charge in [-0.25, -0.2) is 0 Å². The first-order valence-electron chi connectivity index (χ1n) is 7.64. The van der Waals surface area contributed by atoms with E-state index in [0.29, 0.717) is 18.1 Å². The lowest BCUT2D eigenvalue weighted by atomic mass is 9.57. The molecule has 3 atom stereocenters. The van der Waals surface area contributed by atoms with Crippen molar-refractivity contribution in [1.29, 1.82) is 0 Å². The number of hydrogen-bond acceptors (Lipinski definition) is 3. The Kier molecular flexibility index (Phi) is 2.82. The van der Waals surface area contributed by atoms with Gasteiger partial charge < -0.3 is 10.1 Å². The highest BCUT2D eigenvalue weighted by Crippen LogP contribution is 2.53. The first kappa shape index (κ1) is 12.9. The van der Waals surface area contributed by atoms with Gasteiger partial charge in [0.2, 0.25) is 0 Å². The van der Waals surface area contributed by atoms with E-state index in [2.05, 4.69) is 53.6 Å². The van der Waals surface area contributed by atoms with Gasteiger partial charge in [0, 0.05) is 41.4 Å². The second-order valence-corrected chi connectivity index (χ2v) is 6.74. The molecule has 1 saturated carbocycles. The Morgan fingerprint density at radius 3 is 3.05 bits per heavy atom. The van der Waals surface area contributed by atoms with Gasteiger partial charge >= 0.3 is 0 Å². The smallest absolute Gasteiger partial charge is 0.0694 e. The van der Waals surface area contributed by atoms with Gasteiger partial charge in [-0.1, -0.05) is 26.0 Å². The van der Waals surface area contributed by atoms with E-state index in [0.717, 1.165) is 17.9 Å². The number of H-pyrrole nitrogens is 1. The summed E-state index contributed by atoms with van der Waals surface area (Å²) in [6.07, 6.45) is 3.38. The number of nitrogens with zero attached hydrogens (tertiary/aromatic N) is 1. The molecule has 1 aromatic carbocycles. The summed E-state index contributed by atoms with van der Waals surface area (Å²) in [5, 5.41) is 10.8. The van der Waals surface area contributed by atoms with E-state index < -0.39 is 0 Å². The zero-order valence-electron chi connectivity index (χ0n) is 12.5. The summed E-state index contributed by atoms with van der Waals surface area (Å²) in [4.78, 5) is 0. The van der Waals surface area contributed by atoms with Gasteiger partial charge in [-0.2, -0.15) is 5.10 Å². The number of aromatic amines is 1. The fourth-order valence-electron chi connectivity index (χ4n) is 3.99. The molecule has 4 heteroatoms. The average molecular weight is 283 g/mol. The molecule has 1 aliphatic heterocycles. The molecule has 0 spiro atoms. The standard InChI is InChI=1S/C17H21N3O/c1-17(2)15(13-7-9-21-16(13)17)19-12-5-3-4-11(10-12)14-6-8-18-20-14/h3-6,8,10,13,15-16,19H,7,9H2,1-2H3,(H,18,20). The SMILES string of the molecule is CC1(C)C(Nc2cccc(-c3ccn[nH]3)c2)C2CCOC21. The molecule has 21 heavy (non-hydrogen) atoms. The molecule has 1 aromatic heterocycles. The van der Waals surface area contributed by atoms with Crippen LogP contribution >= 0.6 is 0 Å². The Labute approximate surface area is 124 Å². The minimum Gasteiger partial charge on any atom is -0.381 e. The largest absolute Gasteiger partial charge is 0.381 e. The van der Waals surface area contributed by atoms with Crippen molar-refractivity contribution in [3.63, 3.8) is 0 Å². The van der Waals surface area contributed by atoms with Crippen molar-refractivity contribution in [2.75, 3.05) is 11.9 Å². The molecule has 2 aromatic rings. The molecule has 1 saturated heterocycles. The van der Waals surface area contributed by atoms with Crippen LogP contribution in [-0.4, -0.2) is 29.0 Å². The van der Waals surface area contributed by atoms with E-state index in [1.165, 1.54) is 12.1 Å². The fraction of sp³-hybridized carbons (Fsp3) is 0.471. The van der Waals surface area contributed by atoms with Crippen molar-refractivity contribution >= 4 is 5.69 Å². The van der Waals surface area contributed by atoms with Crippen LogP contribution in [-0.2, 0) is 4.74 Å². The Balaban J connectivity index is 1.56. The second-order valence-electron chi connectivity index (χ2n) is 6.74. The van der Waals surface area contributed by atoms with E-state index in [9.17, 15) is 0 Å². The summed E-state index contributed by atoms with van der Waals surface area (Å²) in [6.45, 7) is 5.51. The van der Waals surface area contributed by atoms with E-state index >= 15 is 0 Å². The first-order chi connectivity index (χ1) is 10.2. The van der Waals surface area contributed by atoms with Crippen LogP contribution in [0.3, 0.4) is 0 Å². The lowest BCUT2D eigenvalue weighted by Gasteiger charge is -2.55. The van der Waals surface area contributed by atoms with Crippen molar-refractivity contribution in [2.24, 2.45) is 11.3 Å². The van der Waals surface area contributed by atoms with Crippen molar-refractivity contribution in [1.82, 2.24) is 10.2 Å². The normalized spacial score (nSPS) is 29.7. The predicted molar refractivity (Wildman–Crippen MR) is 83.1 cm³/mol. The summed E-state index contributed by atoms with van der Waals surface area (Å²) >= 11 is 0. The van der Waals surface area contributed by atoms with E-state index in [-0.39, 0.29) is 5.41 Å². The maximum Gasteiger partial charge on any atom is 0.0694 e. The number of anilines is 1. The maximum absolute atomic E-state index is 5.86. The van der Waals surface area contributed by atoms with Gasteiger partial charge in [0.1, 0.15) is 0 Å². The number of benzene rings is 1. The number of hydrogen-bond donors (Lipinski definition) is 2. The van der Waals surface area contributed by atoms with Crippen LogP contribution < -0.4 is 5.32 Å². The number of nitrogens with one attached hydrogen (secondary N) is 2. The molecular formula is C17H21N3O. The number of rotatable bonds is 3. The minimum absolute atomic E-state index is 0.200. The van der Waals surface area contributed by atoms with Crippen LogP contribution in [0.4, 0.5) is 5.69 Å². The van der Waals surface area contributed by atoms with Crippen LogP contribution in [0.25, 0.3) is 11.3 Å². The van der Waals surface area contributed by atoms with Gasteiger partial charge in [0.25, 0.3) is 0 Å². The van der Waals surface area contributed by atoms with Crippen molar-refractivity contribution in [3.8, 4) is 11.3 Å². The lowest BCUT2D eigenvalue weighted by Crippen LogP contribution is -2.63. The zero-order valence-corrected chi connectivity index (χ0v) is 12.5. The molecule has 2 N–H and O–H groups in total. The second kappa shape index (κ2) is 4.60. The molecule has 110 valence electrons. The predicted octanol–water partition coefficient (Wildman–Crippen LogP) is 3.30. The third-order valence-electron chi connectivity index (χ3n) is 5.10. The molecule has 4 rings (SSSR count). The minimum atomic E-state index is 0.200. The summed E-state index contributed by atoms with van der Waals surface area (Å²) in [7, 11) is 0. The molecule has 0 bridgehead atoms. The number of ether oxygens (including phenoxy) is 1. The molecule has 1 aliphatic carbocycles. The topological polar surface area (TPSA) is 49.9 Å². The molecule has 4 nitrogen and oxygen atoms in total. The highest BCUT2D eigenvalue weighted by Gasteiger charge is 2.59. The maximum atomic E-state index is 5.86. The molecule has 2 fully saturated rings. The van der Waals surface area contributed by atoms with Crippen LogP contribution in [0.15, 0.2) is 36.5 Å². The number of aromatic nitrogens is 2. The quantitative estimate of drug-likeness (QED) is 0.908. The van der Waals surface area contributed by atoms with E-state index in [4.69, 9.17) is 4.74 Å². The van der Waals surface area contributed by atoms with Gasteiger partial charge in [-0.3, -0.25) is 5.10 Å². The molecule has 0 radical (unpaired) electrons. The van der Waals surface area contributed by atoms with Crippen molar-refractivity contribution < 1.29 is 4.74 Å². The Bertz CT molecular complexity index is 635. The molecule has 2 aliphatic rings. The third kappa shape index (κ3) is 1.97. The number of fused-ring (bicyclic) bond motifs is 1. The Morgan fingerprint density at radius 1 is 1.33 bits per heavy atom. The van der Waals surface area contributed by atoms with Crippen molar-refractivity contribution in [3.05, 3.63) is 36.5 Å². The summed E-state index contributed by atoms with van der Waals surface area (Å²) in [5.74, 6) is 0.649. The van der Waals surface area contributed by atoms with Crippen LogP contribution in [0, 0.1) is 11.3 Å². The van der Waals surface area contributed by atoms with Gasteiger partial charge in [-0.05, 0) is 24.6 Å². The molecule has 0 amide bonds. The highest BCUT2D eigenvalue weighted by atomic mass is 16.5. The third-order valence-corrected chi connectivity index (χ3v) is 5.10. The zero-order chi connectivity index (χ0) is 14.4. The Hall–Kier alpha value is -1.81. The van der Waals surface area contributed by atoms with Crippen LogP contribution in [0.2, 0.25) is 0 Å².